The van der Waals surface area contributed by atoms with Crippen LogP contribution in [-0.4, -0.2) is 37.2 Å². The number of rotatable bonds is 6. The lowest BCUT2D eigenvalue weighted by Crippen LogP contribution is -1.89. The van der Waals surface area contributed by atoms with Gasteiger partial charge in [0, 0.05) is 28.5 Å². The van der Waals surface area contributed by atoms with Crippen LogP contribution in [0.4, 0.5) is 0 Å². The molecule has 0 unspecified atom stereocenters. The number of methoxy groups -OCH3 is 1. The van der Waals surface area contributed by atoms with Crippen molar-refractivity contribution in [3.05, 3.63) is 52.8 Å². The van der Waals surface area contributed by atoms with Crippen molar-refractivity contribution in [2.45, 2.75) is 10.9 Å². The molecular weight excluding hydrogens is 404 g/mol. The second-order valence-corrected chi connectivity index (χ2v) is 7.55. The fourth-order valence-electron chi connectivity index (χ4n) is 2.32. The average molecular weight is 417 g/mol. The molecule has 0 saturated carbocycles. The third-order valence-corrected chi connectivity index (χ3v) is 5.54. The van der Waals surface area contributed by atoms with Crippen LogP contribution in [0.3, 0.4) is 0 Å². The van der Waals surface area contributed by atoms with Crippen molar-refractivity contribution in [2.75, 3.05) is 7.11 Å². The molecule has 0 aliphatic carbocycles. The molecule has 3 aromatic heterocycles. The van der Waals surface area contributed by atoms with Crippen LogP contribution >= 0.6 is 34.7 Å². The summed E-state index contributed by atoms with van der Waals surface area (Å²) in [5, 5.41) is 11.2. The largest absolute Gasteiger partial charge is 0.496 e. The van der Waals surface area contributed by atoms with Crippen molar-refractivity contribution in [1.82, 2.24) is 30.1 Å². The van der Waals surface area contributed by atoms with Crippen molar-refractivity contribution in [3.63, 3.8) is 0 Å². The Labute approximate surface area is 168 Å². The smallest absolute Gasteiger partial charge is 0.209 e. The fourth-order valence-corrected chi connectivity index (χ4v) is 4.05. The van der Waals surface area contributed by atoms with E-state index in [1.807, 2.05) is 5.38 Å². The zero-order chi connectivity index (χ0) is 18.6. The Balaban J connectivity index is 1.46. The van der Waals surface area contributed by atoms with E-state index >= 15 is 0 Å². The molecule has 1 N–H and O–H groups in total. The Morgan fingerprint density at radius 2 is 2.07 bits per heavy atom. The van der Waals surface area contributed by atoms with Crippen molar-refractivity contribution >= 4 is 34.7 Å². The molecule has 0 amide bonds. The Hall–Kier alpha value is -2.49. The number of aromatic nitrogens is 6. The van der Waals surface area contributed by atoms with E-state index in [1.165, 1.54) is 23.1 Å². The van der Waals surface area contributed by atoms with E-state index in [1.54, 1.807) is 43.8 Å². The van der Waals surface area contributed by atoms with Crippen LogP contribution in [0.1, 0.15) is 5.69 Å². The topological polar surface area (TPSA) is 89.5 Å². The molecule has 3 heterocycles. The zero-order valence-electron chi connectivity index (χ0n) is 14.1. The summed E-state index contributed by atoms with van der Waals surface area (Å²) >= 11 is 9.09. The van der Waals surface area contributed by atoms with Gasteiger partial charge in [0.2, 0.25) is 5.16 Å². The minimum atomic E-state index is 0.605. The summed E-state index contributed by atoms with van der Waals surface area (Å²) in [6.45, 7) is 0. The number of hydrogen-bond acceptors (Lipinski definition) is 8. The molecule has 0 fully saturated rings. The lowest BCUT2D eigenvalue weighted by molar-refractivity contribution is 0.416. The SMILES string of the molecule is COc1ccc(Cl)cc1-c1nc(SCc2csc(-c3ncccn3)n2)n[nH]1. The monoisotopic (exact) mass is 416 g/mol. The number of halogens is 1. The Bertz CT molecular complexity index is 1050. The number of nitrogens with one attached hydrogen (secondary N) is 1. The first-order valence-electron chi connectivity index (χ1n) is 7.84. The molecule has 10 heteroatoms. The lowest BCUT2D eigenvalue weighted by atomic mass is 10.2. The number of H-pyrrole nitrogens is 1. The van der Waals surface area contributed by atoms with Gasteiger partial charge in [0.05, 0.1) is 18.4 Å². The van der Waals surface area contributed by atoms with Crippen LogP contribution in [0.5, 0.6) is 5.75 Å². The summed E-state index contributed by atoms with van der Waals surface area (Å²) in [4.78, 5) is 17.5. The summed E-state index contributed by atoms with van der Waals surface area (Å²) in [5.74, 6) is 2.56. The van der Waals surface area contributed by atoms with Gasteiger partial charge in [-0.15, -0.1) is 16.4 Å². The highest BCUT2D eigenvalue weighted by Crippen LogP contribution is 2.32. The van der Waals surface area contributed by atoms with E-state index in [0.717, 1.165) is 16.3 Å². The fraction of sp³-hybridized carbons (Fsp3) is 0.118. The second kappa shape index (κ2) is 8.03. The molecule has 0 bridgehead atoms. The van der Waals surface area contributed by atoms with E-state index in [-0.39, 0.29) is 0 Å². The number of aromatic amines is 1. The van der Waals surface area contributed by atoms with Crippen LogP contribution in [-0.2, 0) is 5.75 Å². The van der Waals surface area contributed by atoms with Gasteiger partial charge < -0.3 is 4.74 Å². The maximum Gasteiger partial charge on any atom is 0.209 e. The third kappa shape index (κ3) is 4.10. The van der Waals surface area contributed by atoms with Gasteiger partial charge >= 0.3 is 0 Å². The molecule has 0 atom stereocenters. The van der Waals surface area contributed by atoms with Crippen molar-refractivity contribution in [3.8, 4) is 28.0 Å². The highest BCUT2D eigenvalue weighted by atomic mass is 35.5. The van der Waals surface area contributed by atoms with Crippen LogP contribution < -0.4 is 4.74 Å². The van der Waals surface area contributed by atoms with E-state index in [0.29, 0.717) is 33.3 Å². The number of hydrogen-bond donors (Lipinski definition) is 1. The van der Waals surface area contributed by atoms with Gasteiger partial charge in [0.1, 0.15) is 5.75 Å². The molecule has 0 saturated heterocycles. The summed E-state index contributed by atoms with van der Waals surface area (Å²) in [5.41, 5.74) is 1.70. The number of thioether (sulfide) groups is 1. The van der Waals surface area contributed by atoms with E-state index < -0.39 is 0 Å². The number of thiazole rings is 1. The van der Waals surface area contributed by atoms with E-state index in [9.17, 15) is 0 Å². The highest BCUT2D eigenvalue weighted by Gasteiger charge is 2.13. The van der Waals surface area contributed by atoms with Crippen molar-refractivity contribution in [2.24, 2.45) is 0 Å². The van der Waals surface area contributed by atoms with Gasteiger partial charge in [0.25, 0.3) is 0 Å². The molecule has 0 radical (unpaired) electrons. The molecule has 4 aromatic rings. The Morgan fingerprint density at radius 3 is 2.89 bits per heavy atom. The summed E-state index contributed by atoms with van der Waals surface area (Å²) in [7, 11) is 1.61. The predicted molar refractivity (Wildman–Crippen MR) is 106 cm³/mol. The molecule has 7 nitrogen and oxygen atoms in total. The van der Waals surface area contributed by atoms with Crippen LogP contribution in [0.25, 0.3) is 22.2 Å². The minimum absolute atomic E-state index is 0.605. The number of ether oxygens (including phenoxy) is 1. The third-order valence-electron chi connectivity index (χ3n) is 3.54. The molecule has 0 aliphatic rings. The van der Waals surface area contributed by atoms with Crippen molar-refractivity contribution < 1.29 is 4.74 Å². The van der Waals surface area contributed by atoms with Gasteiger partial charge in [-0.1, -0.05) is 23.4 Å². The van der Waals surface area contributed by atoms with E-state index in [4.69, 9.17) is 16.3 Å². The van der Waals surface area contributed by atoms with E-state index in [2.05, 4.69) is 30.1 Å². The van der Waals surface area contributed by atoms with Crippen LogP contribution in [0, 0.1) is 0 Å². The summed E-state index contributed by atoms with van der Waals surface area (Å²) in [6, 6.07) is 7.15. The number of benzene rings is 1. The van der Waals surface area contributed by atoms with Crippen LogP contribution in [0.15, 0.2) is 47.2 Å². The van der Waals surface area contributed by atoms with Gasteiger partial charge in [-0.3, -0.25) is 5.10 Å². The normalized spacial score (nSPS) is 10.9. The highest BCUT2D eigenvalue weighted by molar-refractivity contribution is 7.98. The molecule has 136 valence electrons. The van der Waals surface area contributed by atoms with Crippen LogP contribution in [0.2, 0.25) is 5.02 Å². The Morgan fingerprint density at radius 1 is 1.22 bits per heavy atom. The quantitative estimate of drug-likeness (QED) is 0.467. The molecule has 27 heavy (non-hydrogen) atoms. The summed E-state index contributed by atoms with van der Waals surface area (Å²) in [6.07, 6.45) is 3.41. The molecule has 0 aliphatic heterocycles. The molecule has 1 aromatic carbocycles. The van der Waals surface area contributed by atoms with Gasteiger partial charge in [0.15, 0.2) is 16.7 Å². The number of nitrogens with zero attached hydrogens (tertiary/aromatic N) is 5. The maximum absolute atomic E-state index is 6.08. The van der Waals surface area contributed by atoms with Gasteiger partial charge in [-0.25, -0.2) is 19.9 Å². The second-order valence-electron chi connectivity index (χ2n) is 5.32. The summed E-state index contributed by atoms with van der Waals surface area (Å²) < 4.78 is 5.36. The Kier molecular flexibility index (Phi) is 5.33. The standard InChI is InChI=1S/C17H13ClN6OS2/c1-25-13-4-3-10(18)7-12(13)14-22-17(24-23-14)27-9-11-8-26-16(21-11)15-19-5-2-6-20-15/h2-8H,9H2,1H3,(H,22,23,24). The first kappa shape index (κ1) is 17.9. The zero-order valence-corrected chi connectivity index (χ0v) is 16.5. The predicted octanol–water partition coefficient (Wildman–Crippen LogP) is 4.34. The minimum Gasteiger partial charge on any atom is -0.496 e. The molecule has 0 spiro atoms. The first-order chi connectivity index (χ1) is 13.2. The lowest BCUT2D eigenvalue weighted by Gasteiger charge is -2.05. The molecule has 4 rings (SSSR count). The first-order valence-corrected chi connectivity index (χ1v) is 10.1. The maximum atomic E-state index is 6.08. The molecular formula is C17H13ClN6OS2. The van der Waals surface area contributed by atoms with Gasteiger partial charge in [-0.2, -0.15) is 0 Å². The van der Waals surface area contributed by atoms with Gasteiger partial charge in [-0.05, 0) is 24.3 Å². The van der Waals surface area contributed by atoms with Crippen molar-refractivity contribution in [1.29, 1.82) is 0 Å². The average Bonchev–Trinajstić information content (AvgIpc) is 3.37.